The largest absolute Gasteiger partial charge is 0.309 e. The van der Waals surface area contributed by atoms with Gasteiger partial charge in [0.1, 0.15) is 5.82 Å². The van der Waals surface area contributed by atoms with E-state index >= 15 is 0 Å². The molecule has 2 aromatic rings. The van der Waals surface area contributed by atoms with Gasteiger partial charge in [0.15, 0.2) is 0 Å². The minimum absolute atomic E-state index is 0.121. The lowest BCUT2D eigenvalue weighted by molar-refractivity contribution is -0.117. The van der Waals surface area contributed by atoms with Gasteiger partial charge in [-0.25, -0.2) is 13.4 Å². The number of rotatable bonds is 5. The van der Waals surface area contributed by atoms with E-state index in [-0.39, 0.29) is 4.90 Å². The van der Waals surface area contributed by atoms with E-state index in [0.717, 1.165) is 5.56 Å². The fourth-order valence-electron chi connectivity index (χ4n) is 1.74. The molecule has 0 aliphatic rings. The number of nitrogens with one attached hydrogen (secondary N) is 2. The third kappa shape index (κ3) is 4.12. The van der Waals surface area contributed by atoms with Crippen molar-refractivity contribution in [2.45, 2.75) is 24.8 Å². The van der Waals surface area contributed by atoms with Crippen LogP contribution in [0.3, 0.4) is 0 Å². The predicted molar refractivity (Wildman–Crippen MR) is 83.8 cm³/mol. The summed E-state index contributed by atoms with van der Waals surface area (Å²) in [6, 6.07) is 10.6. The predicted octanol–water partition coefficient (Wildman–Crippen LogP) is 1.70. The fraction of sp³-hybridized carbons (Fsp3) is 0.200. The fourth-order valence-corrected chi connectivity index (χ4v) is 2.95. The maximum absolute atomic E-state index is 12.2. The molecule has 2 N–H and O–H groups in total. The van der Waals surface area contributed by atoms with Gasteiger partial charge in [0.05, 0.1) is 10.9 Å². The van der Waals surface area contributed by atoms with Crippen molar-refractivity contribution >= 4 is 21.7 Å². The zero-order valence-electron chi connectivity index (χ0n) is 12.3. The number of pyridine rings is 1. The smallest absolute Gasteiger partial charge is 0.243 e. The second-order valence-corrected chi connectivity index (χ2v) is 6.57. The second kappa shape index (κ2) is 6.67. The molecule has 0 aliphatic carbocycles. The molecule has 22 heavy (non-hydrogen) atoms. The Hall–Kier alpha value is -2.25. The zero-order valence-corrected chi connectivity index (χ0v) is 13.1. The van der Waals surface area contributed by atoms with Gasteiger partial charge in [0.2, 0.25) is 15.9 Å². The highest BCUT2D eigenvalue weighted by Gasteiger charge is 2.22. The number of amides is 1. The van der Waals surface area contributed by atoms with Gasteiger partial charge in [-0.05, 0) is 38.1 Å². The van der Waals surface area contributed by atoms with Crippen LogP contribution in [0.1, 0.15) is 12.5 Å². The number of anilines is 1. The average Bonchev–Trinajstić information content (AvgIpc) is 2.48. The van der Waals surface area contributed by atoms with Gasteiger partial charge in [-0.3, -0.25) is 4.79 Å². The molecule has 1 heterocycles. The SMILES string of the molecule is Cc1ccc(S(=O)(=O)N[C@@H](C)C(=O)Nc2ccccn2)cc1. The van der Waals surface area contributed by atoms with E-state index in [0.29, 0.717) is 5.82 Å². The number of sulfonamides is 1. The van der Waals surface area contributed by atoms with Crippen molar-refractivity contribution in [2.75, 3.05) is 5.32 Å². The molecule has 1 atom stereocenters. The normalized spacial score (nSPS) is 12.6. The summed E-state index contributed by atoms with van der Waals surface area (Å²) in [6.45, 7) is 3.34. The van der Waals surface area contributed by atoms with Crippen LogP contribution < -0.4 is 10.0 Å². The third-order valence-corrected chi connectivity index (χ3v) is 4.53. The number of hydrogen-bond donors (Lipinski definition) is 2. The first kappa shape index (κ1) is 16.1. The van der Waals surface area contributed by atoms with E-state index in [4.69, 9.17) is 0 Å². The highest BCUT2D eigenvalue weighted by atomic mass is 32.2. The van der Waals surface area contributed by atoms with Crippen LogP contribution in [-0.4, -0.2) is 25.4 Å². The molecular formula is C15H17N3O3S. The molecule has 0 aliphatic heterocycles. The van der Waals surface area contributed by atoms with E-state index in [1.807, 2.05) is 6.92 Å². The summed E-state index contributed by atoms with van der Waals surface area (Å²) in [6.07, 6.45) is 1.54. The molecule has 0 saturated heterocycles. The number of aryl methyl sites for hydroxylation is 1. The molecule has 0 fully saturated rings. The molecule has 0 bridgehead atoms. The van der Waals surface area contributed by atoms with Crippen LogP contribution in [0, 0.1) is 6.92 Å². The Bertz CT molecular complexity index is 743. The zero-order chi connectivity index (χ0) is 16.2. The van der Waals surface area contributed by atoms with Crippen molar-refractivity contribution in [3.05, 3.63) is 54.2 Å². The summed E-state index contributed by atoms with van der Waals surface area (Å²) < 4.78 is 26.8. The number of benzene rings is 1. The van der Waals surface area contributed by atoms with E-state index in [1.54, 1.807) is 30.3 Å². The van der Waals surface area contributed by atoms with Gasteiger partial charge in [0, 0.05) is 6.20 Å². The summed E-state index contributed by atoms with van der Waals surface area (Å²) in [5, 5.41) is 2.55. The summed E-state index contributed by atoms with van der Waals surface area (Å²) >= 11 is 0. The molecule has 6 nitrogen and oxygen atoms in total. The first-order valence-electron chi connectivity index (χ1n) is 6.69. The number of carbonyl (C=O) groups is 1. The molecule has 1 aromatic carbocycles. The van der Waals surface area contributed by atoms with Crippen molar-refractivity contribution in [1.82, 2.24) is 9.71 Å². The molecule has 116 valence electrons. The minimum atomic E-state index is -3.74. The molecule has 0 spiro atoms. The van der Waals surface area contributed by atoms with Crippen molar-refractivity contribution < 1.29 is 13.2 Å². The van der Waals surface area contributed by atoms with Gasteiger partial charge < -0.3 is 5.32 Å². The molecule has 0 saturated carbocycles. The number of carbonyl (C=O) groups excluding carboxylic acids is 1. The first-order chi connectivity index (χ1) is 10.4. The average molecular weight is 319 g/mol. The molecule has 0 unspecified atom stereocenters. The summed E-state index contributed by atoms with van der Waals surface area (Å²) in [5.41, 5.74) is 0.958. The van der Waals surface area contributed by atoms with Crippen molar-refractivity contribution in [1.29, 1.82) is 0 Å². The first-order valence-corrected chi connectivity index (χ1v) is 8.18. The Labute approximate surface area is 129 Å². The van der Waals surface area contributed by atoms with Gasteiger partial charge in [-0.1, -0.05) is 23.8 Å². The van der Waals surface area contributed by atoms with Crippen LogP contribution in [0.15, 0.2) is 53.6 Å². The maximum atomic E-state index is 12.2. The van der Waals surface area contributed by atoms with Crippen LogP contribution in [0.25, 0.3) is 0 Å². The Morgan fingerprint density at radius 1 is 1.14 bits per heavy atom. The maximum Gasteiger partial charge on any atom is 0.243 e. The Balaban J connectivity index is 2.05. The Morgan fingerprint density at radius 2 is 1.82 bits per heavy atom. The monoisotopic (exact) mass is 319 g/mol. The van der Waals surface area contributed by atoms with Crippen LogP contribution in [0.5, 0.6) is 0 Å². The molecular weight excluding hydrogens is 302 g/mol. The second-order valence-electron chi connectivity index (χ2n) is 4.86. The summed E-state index contributed by atoms with van der Waals surface area (Å²) in [5.74, 6) is -0.108. The van der Waals surface area contributed by atoms with Gasteiger partial charge in [-0.2, -0.15) is 4.72 Å². The van der Waals surface area contributed by atoms with E-state index in [2.05, 4.69) is 15.0 Å². The Kier molecular flexibility index (Phi) is 4.89. The number of hydrogen-bond acceptors (Lipinski definition) is 4. The van der Waals surface area contributed by atoms with E-state index in [9.17, 15) is 13.2 Å². The number of aromatic nitrogens is 1. The van der Waals surface area contributed by atoms with Crippen molar-refractivity contribution in [3.8, 4) is 0 Å². The summed E-state index contributed by atoms with van der Waals surface area (Å²) in [7, 11) is -3.74. The van der Waals surface area contributed by atoms with Crippen LogP contribution >= 0.6 is 0 Å². The van der Waals surface area contributed by atoms with Crippen LogP contribution in [0.2, 0.25) is 0 Å². The van der Waals surface area contributed by atoms with Crippen LogP contribution in [0.4, 0.5) is 5.82 Å². The van der Waals surface area contributed by atoms with Gasteiger partial charge in [-0.15, -0.1) is 0 Å². The van der Waals surface area contributed by atoms with Gasteiger partial charge in [0.25, 0.3) is 0 Å². The minimum Gasteiger partial charge on any atom is -0.309 e. The third-order valence-electron chi connectivity index (χ3n) is 2.97. The lowest BCUT2D eigenvalue weighted by Crippen LogP contribution is -2.41. The van der Waals surface area contributed by atoms with Gasteiger partial charge >= 0.3 is 0 Å². The highest BCUT2D eigenvalue weighted by Crippen LogP contribution is 2.11. The highest BCUT2D eigenvalue weighted by molar-refractivity contribution is 7.89. The molecule has 2 rings (SSSR count). The number of nitrogens with zero attached hydrogens (tertiary/aromatic N) is 1. The topological polar surface area (TPSA) is 88.2 Å². The molecule has 1 aromatic heterocycles. The molecule has 1 amide bonds. The molecule has 7 heteroatoms. The van der Waals surface area contributed by atoms with E-state index in [1.165, 1.54) is 25.3 Å². The van der Waals surface area contributed by atoms with E-state index < -0.39 is 22.0 Å². The van der Waals surface area contributed by atoms with Crippen molar-refractivity contribution in [2.24, 2.45) is 0 Å². The lowest BCUT2D eigenvalue weighted by Gasteiger charge is -2.14. The standard InChI is InChI=1S/C15H17N3O3S/c1-11-6-8-13(9-7-11)22(20,21)18-12(2)15(19)17-14-5-3-4-10-16-14/h3-10,12,18H,1-2H3,(H,16,17,19)/t12-/m0/s1. The lowest BCUT2D eigenvalue weighted by atomic mass is 10.2. The Morgan fingerprint density at radius 3 is 2.41 bits per heavy atom. The molecule has 0 radical (unpaired) electrons. The quantitative estimate of drug-likeness (QED) is 0.878. The summed E-state index contributed by atoms with van der Waals surface area (Å²) in [4.78, 5) is 16.1. The van der Waals surface area contributed by atoms with Crippen LogP contribution in [-0.2, 0) is 14.8 Å². The van der Waals surface area contributed by atoms with Crippen molar-refractivity contribution in [3.63, 3.8) is 0 Å².